The fraction of sp³-hybridized carbons (Fsp3) is 0.875. The maximum absolute atomic E-state index is 11.3. The van der Waals surface area contributed by atoms with E-state index in [0.29, 0.717) is 0 Å². The third-order valence-electron chi connectivity index (χ3n) is 5.28. The van der Waals surface area contributed by atoms with Crippen LogP contribution in [0.15, 0.2) is 12.2 Å². The highest BCUT2D eigenvalue weighted by Crippen LogP contribution is 2.16. The molecule has 0 aliphatic rings. The lowest BCUT2D eigenvalue weighted by Gasteiger charge is -2.07. The van der Waals surface area contributed by atoms with Gasteiger partial charge in [-0.25, -0.2) is 0 Å². The summed E-state index contributed by atoms with van der Waals surface area (Å²) in [6.07, 6.45) is 26.8. The van der Waals surface area contributed by atoms with Crippen molar-refractivity contribution >= 4 is 5.97 Å². The quantitative estimate of drug-likeness (QED) is 0.174. The molecule has 0 aromatic carbocycles. The summed E-state index contributed by atoms with van der Waals surface area (Å²) in [5, 5.41) is 9.34. The molecule has 0 saturated carbocycles. The Kier molecular flexibility index (Phi) is 19.9. The Bertz CT molecular complexity index is 322. The second-order valence-corrected chi connectivity index (χ2v) is 7.90. The van der Waals surface area contributed by atoms with Crippen molar-refractivity contribution in [3.05, 3.63) is 12.2 Å². The van der Waals surface area contributed by atoms with Gasteiger partial charge in [0.05, 0.1) is 5.92 Å². The normalized spacial score (nSPS) is 12.7. The number of rotatable bonds is 20. The van der Waals surface area contributed by atoms with Crippen LogP contribution < -0.4 is 0 Å². The molecular formula is C24H46O2. The minimum atomic E-state index is -0.655. The fourth-order valence-electron chi connectivity index (χ4n) is 3.46. The van der Waals surface area contributed by atoms with Crippen molar-refractivity contribution in [1.29, 1.82) is 0 Å². The molecule has 0 fully saturated rings. The summed E-state index contributed by atoms with van der Waals surface area (Å²) in [7, 11) is 0. The molecule has 0 amide bonds. The van der Waals surface area contributed by atoms with Crippen LogP contribution in [0.5, 0.6) is 0 Å². The average Bonchev–Trinajstić information content (AvgIpc) is 2.63. The van der Waals surface area contributed by atoms with Gasteiger partial charge in [0.1, 0.15) is 0 Å². The standard InChI is InChI=1S/C24H46O2/c1-3-5-7-9-11-12-13-14-15-16-18-20-22-23(24(25)26)21-19-17-10-8-6-4-2/h19,21,23H,3-18,20,22H2,1-2H3,(H,25,26)/b21-19+. The Balaban J connectivity index is 3.51. The Morgan fingerprint density at radius 1 is 0.692 bits per heavy atom. The van der Waals surface area contributed by atoms with Crippen molar-refractivity contribution in [2.24, 2.45) is 5.92 Å². The van der Waals surface area contributed by atoms with Crippen molar-refractivity contribution in [3.63, 3.8) is 0 Å². The number of carboxylic acid groups (broad SMARTS) is 1. The second-order valence-electron chi connectivity index (χ2n) is 7.90. The van der Waals surface area contributed by atoms with Crippen LogP contribution >= 0.6 is 0 Å². The maximum Gasteiger partial charge on any atom is 0.310 e. The van der Waals surface area contributed by atoms with E-state index in [1.807, 2.05) is 6.08 Å². The van der Waals surface area contributed by atoms with Crippen molar-refractivity contribution in [1.82, 2.24) is 0 Å². The first-order valence-corrected chi connectivity index (χ1v) is 11.6. The number of allylic oxidation sites excluding steroid dienone is 1. The number of aliphatic carboxylic acids is 1. The van der Waals surface area contributed by atoms with Gasteiger partial charge in [-0.3, -0.25) is 4.79 Å². The molecule has 0 radical (unpaired) electrons. The van der Waals surface area contributed by atoms with E-state index in [1.165, 1.54) is 96.3 Å². The summed E-state index contributed by atoms with van der Waals surface area (Å²) >= 11 is 0. The van der Waals surface area contributed by atoms with E-state index < -0.39 is 5.97 Å². The summed E-state index contributed by atoms with van der Waals surface area (Å²) in [6.45, 7) is 4.48. The van der Waals surface area contributed by atoms with Crippen molar-refractivity contribution in [2.75, 3.05) is 0 Å². The Morgan fingerprint density at radius 3 is 1.58 bits per heavy atom. The van der Waals surface area contributed by atoms with Crippen molar-refractivity contribution in [2.45, 2.75) is 129 Å². The summed E-state index contributed by atoms with van der Waals surface area (Å²) in [5.41, 5.74) is 0. The van der Waals surface area contributed by atoms with Crippen LogP contribution in [0.25, 0.3) is 0 Å². The van der Waals surface area contributed by atoms with E-state index in [1.54, 1.807) is 0 Å². The molecule has 26 heavy (non-hydrogen) atoms. The predicted octanol–water partition coefficient (Wildman–Crippen LogP) is 8.31. The van der Waals surface area contributed by atoms with E-state index in [0.717, 1.165) is 19.3 Å². The highest BCUT2D eigenvalue weighted by atomic mass is 16.4. The molecule has 1 unspecified atom stereocenters. The molecule has 0 bridgehead atoms. The predicted molar refractivity (Wildman–Crippen MR) is 115 cm³/mol. The van der Waals surface area contributed by atoms with Crippen LogP contribution in [0.2, 0.25) is 0 Å². The topological polar surface area (TPSA) is 37.3 Å². The molecular weight excluding hydrogens is 320 g/mol. The molecule has 0 spiro atoms. The van der Waals surface area contributed by atoms with Gasteiger partial charge in [0.2, 0.25) is 0 Å². The zero-order chi connectivity index (χ0) is 19.3. The van der Waals surface area contributed by atoms with Gasteiger partial charge >= 0.3 is 5.97 Å². The van der Waals surface area contributed by atoms with Gasteiger partial charge in [-0.05, 0) is 19.3 Å². The van der Waals surface area contributed by atoms with Gasteiger partial charge in [-0.2, -0.15) is 0 Å². The Morgan fingerprint density at radius 2 is 1.12 bits per heavy atom. The minimum absolute atomic E-state index is 0.274. The number of hydrogen-bond acceptors (Lipinski definition) is 1. The van der Waals surface area contributed by atoms with Crippen LogP contribution in [-0.4, -0.2) is 11.1 Å². The largest absolute Gasteiger partial charge is 0.481 e. The molecule has 2 nitrogen and oxygen atoms in total. The van der Waals surface area contributed by atoms with E-state index in [2.05, 4.69) is 19.9 Å². The Hall–Kier alpha value is -0.790. The number of unbranched alkanes of at least 4 members (excludes halogenated alkanes) is 15. The van der Waals surface area contributed by atoms with Crippen LogP contribution in [0.4, 0.5) is 0 Å². The van der Waals surface area contributed by atoms with E-state index in [4.69, 9.17) is 0 Å². The van der Waals surface area contributed by atoms with Gasteiger partial charge < -0.3 is 5.11 Å². The fourth-order valence-corrected chi connectivity index (χ4v) is 3.46. The third kappa shape index (κ3) is 18.0. The molecule has 0 rings (SSSR count). The molecule has 1 N–H and O–H groups in total. The monoisotopic (exact) mass is 366 g/mol. The van der Waals surface area contributed by atoms with Crippen LogP contribution in [0.1, 0.15) is 129 Å². The first-order valence-electron chi connectivity index (χ1n) is 11.6. The number of hydrogen-bond donors (Lipinski definition) is 1. The molecule has 0 aromatic rings. The molecule has 0 aliphatic heterocycles. The van der Waals surface area contributed by atoms with Gasteiger partial charge in [0.25, 0.3) is 0 Å². The van der Waals surface area contributed by atoms with E-state index >= 15 is 0 Å². The van der Waals surface area contributed by atoms with Gasteiger partial charge in [0, 0.05) is 0 Å². The summed E-state index contributed by atoms with van der Waals surface area (Å²) in [4.78, 5) is 11.3. The van der Waals surface area contributed by atoms with Crippen LogP contribution in [0, 0.1) is 5.92 Å². The highest BCUT2D eigenvalue weighted by molar-refractivity contribution is 5.72. The lowest BCUT2D eigenvalue weighted by atomic mass is 9.98. The zero-order valence-electron chi connectivity index (χ0n) is 17.8. The van der Waals surface area contributed by atoms with E-state index in [-0.39, 0.29) is 5.92 Å². The molecule has 0 aromatic heterocycles. The molecule has 0 saturated heterocycles. The lowest BCUT2D eigenvalue weighted by Crippen LogP contribution is -2.10. The SMILES string of the molecule is CCCCCC/C=C/C(CCCCCCCCCCCCCC)C(=O)O. The smallest absolute Gasteiger partial charge is 0.310 e. The van der Waals surface area contributed by atoms with E-state index in [9.17, 15) is 9.90 Å². The average molecular weight is 367 g/mol. The minimum Gasteiger partial charge on any atom is -0.481 e. The highest BCUT2D eigenvalue weighted by Gasteiger charge is 2.12. The van der Waals surface area contributed by atoms with Crippen LogP contribution in [-0.2, 0) is 4.79 Å². The maximum atomic E-state index is 11.3. The van der Waals surface area contributed by atoms with Gasteiger partial charge in [-0.15, -0.1) is 0 Å². The summed E-state index contributed by atoms with van der Waals surface area (Å²) in [5.74, 6) is -0.929. The first-order chi connectivity index (χ1) is 12.7. The molecule has 2 heteroatoms. The molecule has 0 heterocycles. The summed E-state index contributed by atoms with van der Waals surface area (Å²) < 4.78 is 0. The summed E-state index contributed by atoms with van der Waals surface area (Å²) in [6, 6.07) is 0. The van der Waals surface area contributed by atoms with Crippen molar-refractivity contribution in [3.8, 4) is 0 Å². The lowest BCUT2D eigenvalue weighted by molar-refractivity contribution is -0.140. The zero-order valence-corrected chi connectivity index (χ0v) is 17.8. The number of carboxylic acids is 1. The molecule has 0 aliphatic carbocycles. The molecule has 154 valence electrons. The Labute approximate surface area is 163 Å². The number of carbonyl (C=O) groups is 1. The van der Waals surface area contributed by atoms with Gasteiger partial charge in [0.15, 0.2) is 0 Å². The second kappa shape index (κ2) is 20.5. The van der Waals surface area contributed by atoms with Crippen molar-refractivity contribution < 1.29 is 9.90 Å². The van der Waals surface area contributed by atoms with Crippen LogP contribution in [0.3, 0.4) is 0 Å². The van der Waals surface area contributed by atoms with Gasteiger partial charge in [-0.1, -0.05) is 122 Å². The third-order valence-corrected chi connectivity index (χ3v) is 5.28. The molecule has 1 atom stereocenters. The first kappa shape index (κ1) is 25.2.